The number of benzene rings is 2. The van der Waals surface area contributed by atoms with Gasteiger partial charge in [-0.25, -0.2) is 0 Å². The Balaban J connectivity index is 3.11. The standard InChI is InChI=1S/C10H4I4O2/c11-3-1-5(15)7-8(9(3)13)6(16)2-4(12)10(7)14/h1-2,15-16H. The minimum atomic E-state index is 0.220. The number of phenolic OH excluding ortho intramolecular Hbond substituents is 2. The van der Waals surface area contributed by atoms with E-state index in [0.717, 1.165) is 25.1 Å². The molecule has 16 heavy (non-hydrogen) atoms. The highest BCUT2D eigenvalue weighted by Crippen LogP contribution is 2.41. The predicted molar refractivity (Wildman–Crippen MR) is 98.1 cm³/mol. The second-order valence-electron chi connectivity index (χ2n) is 3.13. The molecule has 2 aromatic rings. The molecule has 0 atom stereocenters. The fourth-order valence-corrected chi connectivity index (χ4v) is 3.98. The lowest BCUT2D eigenvalue weighted by Crippen LogP contribution is -1.90. The smallest absolute Gasteiger partial charge is 0.125 e. The molecule has 2 aromatic carbocycles. The molecule has 2 N–H and O–H groups in total. The van der Waals surface area contributed by atoms with Gasteiger partial charge < -0.3 is 10.2 Å². The SMILES string of the molecule is Oc1cc(I)c(I)c2c(O)cc(I)c(I)c12. The summed E-state index contributed by atoms with van der Waals surface area (Å²) in [6, 6.07) is 3.45. The van der Waals surface area contributed by atoms with Gasteiger partial charge in [-0.3, -0.25) is 0 Å². The number of aromatic hydroxyl groups is 2. The van der Waals surface area contributed by atoms with Crippen molar-refractivity contribution in [2.45, 2.75) is 0 Å². The molecule has 0 radical (unpaired) electrons. The Hall–Kier alpha value is 1.22. The number of hydrogen-bond acceptors (Lipinski definition) is 2. The molecule has 0 fully saturated rings. The van der Waals surface area contributed by atoms with Crippen LogP contribution in [0.25, 0.3) is 10.8 Å². The summed E-state index contributed by atoms with van der Waals surface area (Å²) < 4.78 is 3.82. The van der Waals surface area contributed by atoms with E-state index in [0.29, 0.717) is 0 Å². The lowest BCUT2D eigenvalue weighted by Gasteiger charge is -2.11. The zero-order valence-electron chi connectivity index (χ0n) is 7.56. The molecule has 0 aliphatic carbocycles. The molecule has 0 aromatic heterocycles. The highest BCUT2D eigenvalue weighted by molar-refractivity contribution is 14.1. The molecular formula is C10H4I4O2. The summed E-state index contributed by atoms with van der Waals surface area (Å²) >= 11 is 8.68. The average Bonchev–Trinajstić information content (AvgIpc) is 2.20. The van der Waals surface area contributed by atoms with E-state index in [1.165, 1.54) is 0 Å². The van der Waals surface area contributed by atoms with Crippen molar-refractivity contribution < 1.29 is 10.2 Å². The van der Waals surface area contributed by atoms with Crippen molar-refractivity contribution in [3.05, 3.63) is 26.4 Å². The molecule has 0 saturated carbocycles. The van der Waals surface area contributed by atoms with Crippen LogP contribution in [0.5, 0.6) is 11.5 Å². The Morgan fingerprint density at radius 1 is 0.688 bits per heavy atom. The molecule has 0 amide bonds. The quantitative estimate of drug-likeness (QED) is 0.403. The Kier molecular flexibility index (Phi) is 4.33. The van der Waals surface area contributed by atoms with E-state index < -0.39 is 0 Å². The topological polar surface area (TPSA) is 40.5 Å². The van der Waals surface area contributed by atoms with Crippen LogP contribution < -0.4 is 0 Å². The van der Waals surface area contributed by atoms with E-state index >= 15 is 0 Å². The van der Waals surface area contributed by atoms with Gasteiger partial charge in [-0.05, 0) is 102 Å². The summed E-state index contributed by atoms with van der Waals surface area (Å²) in [5.74, 6) is 0.441. The number of hydrogen-bond donors (Lipinski definition) is 2. The van der Waals surface area contributed by atoms with Gasteiger partial charge in [0.15, 0.2) is 0 Å². The van der Waals surface area contributed by atoms with Crippen LogP contribution in [0, 0.1) is 14.3 Å². The Morgan fingerprint density at radius 2 is 1.00 bits per heavy atom. The molecule has 0 spiro atoms. The van der Waals surface area contributed by atoms with Crippen molar-refractivity contribution in [3.63, 3.8) is 0 Å². The highest BCUT2D eigenvalue weighted by atomic mass is 127. The van der Waals surface area contributed by atoms with Gasteiger partial charge in [0.2, 0.25) is 0 Å². The minimum Gasteiger partial charge on any atom is -0.507 e. The van der Waals surface area contributed by atoms with Crippen molar-refractivity contribution in [1.82, 2.24) is 0 Å². The molecular weight excluding hydrogens is 660 g/mol. The summed E-state index contributed by atoms with van der Waals surface area (Å²) in [5.41, 5.74) is 0. The van der Waals surface area contributed by atoms with Gasteiger partial charge in [-0.15, -0.1) is 0 Å². The highest BCUT2D eigenvalue weighted by Gasteiger charge is 2.16. The monoisotopic (exact) mass is 664 g/mol. The number of rotatable bonds is 0. The largest absolute Gasteiger partial charge is 0.507 e. The first-order valence-corrected chi connectivity index (χ1v) is 8.42. The third kappa shape index (κ3) is 2.22. The molecule has 0 saturated heterocycles. The van der Waals surface area contributed by atoms with Gasteiger partial charge in [-0.2, -0.15) is 0 Å². The fourth-order valence-electron chi connectivity index (χ4n) is 1.45. The van der Waals surface area contributed by atoms with Crippen LogP contribution in [0.2, 0.25) is 0 Å². The predicted octanol–water partition coefficient (Wildman–Crippen LogP) is 4.67. The van der Waals surface area contributed by atoms with Gasteiger partial charge in [0.1, 0.15) is 11.5 Å². The fraction of sp³-hybridized carbons (Fsp3) is 0. The summed E-state index contributed by atoms with van der Waals surface area (Å²) in [6.45, 7) is 0. The Labute approximate surface area is 147 Å². The van der Waals surface area contributed by atoms with Gasteiger partial charge in [-0.1, -0.05) is 0 Å². The summed E-state index contributed by atoms with van der Waals surface area (Å²) in [4.78, 5) is 0. The lowest BCUT2D eigenvalue weighted by molar-refractivity contribution is 0.474. The second-order valence-corrected chi connectivity index (χ2v) is 7.61. The zero-order valence-corrected chi connectivity index (χ0v) is 16.2. The van der Waals surface area contributed by atoms with Crippen LogP contribution in [0.4, 0.5) is 0 Å². The lowest BCUT2D eigenvalue weighted by atomic mass is 10.1. The van der Waals surface area contributed by atoms with Gasteiger partial charge in [0.25, 0.3) is 0 Å². The molecule has 2 nitrogen and oxygen atoms in total. The maximum Gasteiger partial charge on any atom is 0.125 e. The summed E-state index contributed by atoms with van der Waals surface area (Å²) in [7, 11) is 0. The third-order valence-electron chi connectivity index (χ3n) is 2.15. The zero-order chi connectivity index (χ0) is 12.0. The van der Waals surface area contributed by atoms with Crippen molar-refractivity contribution >= 4 is 101 Å². The van der Waals surface area contributed by atoms with E-state index in [1.807, 2.05) is 0 Å². The molecule has 84 valence electrons. The van der Waals surface area contributed by atoms with Crippen molar-refractivity contribution in [3.8, 4) is 11.5 Å². The second kappa shape index (κ2) is 5.07. The minimum absolute atomic E-state index is 0.220. The molecule has 0 bridgehead atoms. The van der Waals surface area contributed by atoms with Gasteiger partial charge >= 0.3 is 0 Å². The summed E-state index contributed by atoms with van der Waals surface area (Å²) in [5, 5.41) is 21.4. The van der Waals surface area contributed by atoms with E-state index in [1.54, 1.807) is 12.1 Å². The maximum atomic E-state index is 9.98. The number of phenols is 2. The van der Waals surface area contributed by atoms with Crippen LogP contribution in [0.3, 0.4) is 0 Å². The Bertz CT molecular complexity index is 542. The van der Waals surface area contributed by atoms with Crippen LogP contribution in [-0.2, 0) is 0 Å². The van der Waals surface area contributed by atoms with E-state index in [2.05, 4.69) is 90.4 Å². The first kappa shape index (κ1) is 13.6. The van der Waals surface area contributed by atoms with Crippen LogP contribution in [0.15, 0.2) is 12.1 Å². The maximum absolute atomic E-state index is 9.98. The van der Waals surface area contributed by atoms with Crippen LogP contribution >= 0.6 is 90.4 Å². The molecule has 0 aliphatic rings. The van der Waals surface area contributed by atoms with E-state index in [4.69, 9.17) is 0 Å². The molecule has 6 heteroatoms. The molecule has 2 rings (SSSR count). The van der Waals surface area contributed by atoms with Gasteiger partial charge in [0, 0.05) is 25.1 Å². The first-order valence-electron chi connectivity index (χ1n) is 4.11. The van der Waals surface area contributed by atoms with Crippen molar-refractivity contribution in [2.24, 2.45) is 0 Å². The van der Waals surface area contributed by atoms with Crippen molar-refractivity contribution in [2.75, 3.05) is 0 Å². The number of fused-ring (bicyclic) bond motifs is 1. The molecule has 0 heterocycles. The molecule has 0 unspecified atom stereocenters. The normalized spacial score (nSPS) is 11.0. The third-order valence-corrected chi connectivity index (χ3v) is 8.15. The Morgan fingerprint density at radius 3 is 1.31 bits per heavy atom. The number of halogens is 4. The van der Waals surface area contributed by atoms with Crippen molar-refractivity contribution in [1.29, 1.82) is 0 Å². The summed E-state index contributed by atoms with van der Waals surface area (Å²) in [6.07, 6.45) is 0. The van der Waals surface area contributed by atoms with E-state index in [-0.39, 0.29) is 11.5 Å². The van der Waals surface area contributed by atoms with Gasteiger partial charge in [0.05, 0.1) is 0 Å². The average molecular weight is 664 g/mol. The first-order chi connectivity index (χ1) is 7.43. The van der Waals surface area contributed by atoms with E-state index in [9.17, 15) is 10.2 Å². The van der Waals surface area contributed by atoms with Crippen LogP contribution in [0.1, 0.15) is 0 Å². The molecule has 0 aliphatic heterocycles. The van der Waals surface area contributed by atoms with Crippen LogP contribution in [-0.4, -0.2) is 10.2 Å².